The van der Waals surface area contributed by atoms with Crippen LogP contribution in [0.1, 0.15) is 181 Å². The third-order valence-electron chi connectivity index (χ3n) is 10.3. The van der Waals surface area contributed by atoms with E-state index >= 15 is 0 Å². The molecule has 0 amide bonds. The molecule has 0 radical (unpaired) electrons. The number of allylic oxidation sites excluding steroid dienone is 18. The van der Waals surface area contributed by atoms with Gasteiger partial charge in [0.15, 0.2) is 6.10 Å². The van der Waals surface area contributed by atoms with Crippen molar-refractivity contribution in [3.63, 3.8) is 0 Å². The molecule has 0 spiro atoms. The molecule has 0 aliphatic heterocycles. The fourth-order valence-corrected chi connectivity index (χ4v) is 7.08. The Hall–Kier alpha value is -3.33. The van der Waals surface area contributed by atoms with Crippen LogP contribution in [0.3, 0.4) is 0 Å². The highest BCUT2D eigenvalue weighted by Crippen LogP contribution is 2.38. The summed E-state index contributed by atoms with van der Waals surface area (Å²) in [6.45, 7) is 4.04. The zero-order valence-corrected chi connectivity index (χ0v) is 43.2. The quantitative estimate of drug-likeness (QED) is 0.0195. The van der Waals surface area contributed by atoms with E-state index in [-0.39, 0.29) is 26.1 Å². The molecule has 9 nitrogen and oxygen atoms in total. The van der Waals surface area contributed by atoms with E-state index in [1.165, 1.54) is 38.5 Å². The number of nitrogens with zero attached hydrogens (tertiary/aromatic N) is 1. The Morgan fingerprint density at radius 3 is 1.29 bits per heavy atom. The Kier molecular flexibility index (Phi) is 44.4. The summed E-state index contributed by atoms with van der Waals surface area (Å²) in [6.07, 6.45) is 64.3. The van der Waals surface area contributed by atoms with Crippen LogP contribution in [0, 0.1) is 0 Å². The van der Waals surface area contributed by atoms with Gasteiger partial charge in [0.1, 0.15) is 19.8 Å². The van der Waals surface area contributed by atoms with E-state index < -0.39 is 32.5 Å². The predicted molar refractivity (Wildman–Crippen MR) is 277 cm³/mol. The summed E-state index contributed by atoms with van der Waals surface area (Å²) in [5, 5.41) is 0. The van der Waals surface area contributed by atoms with Crippen LogP contribution in [0.2, 0.25) is 0 Å². The van der Waals surface area contributed by atoms with Crippen molar-refractivity contribution < 1.29 is 42.1 Å². The summed E-state index contributed by atoms with van der Waals surface area (Å²) in [5.41, 5.74) is 0. The van der Waals surface area contributed by atoms with Crippen LogP contribution < -0.4 is 4.89 Å². The van der Waals surface area contributed by atoms with Crippen molar-refractivity contribution in [2.45, 2.75) is 187 Å². The van der Waals surface area contributed by atoms with Crippen LogP contribution in [0.15, 0.2) is 109 Å². The fraction of sp³-hybridized carbons (Fsp3) is 0.643. The summed E-state index contributed by atoms with van der Waals surface area (Å²) in [5.74, 6) is -0.868. The molecule has 0 aliphatic carbocycles. The van der Waals surface area contributed by atoms with Gasteiger partial charge in [-0.05, 0) is 83.5 Å². The normalized spacial score (nSPS) is 14.3. The number of quaternary nitrogens is 1. The van der Waals surface area contributed by atoms with Crippen LogP contribution in [0.4, 0.5) is 0 Å². The molecular weight excluding hydrogens is 846 g/mol. The highest BCUT2D eigenvalue weighted by Gasteiger charge is 2.21. The first-order valence-corrected chi connectivity index (χ1v) is 27.1. The van der Waals surface area contributed by atoms with E-state index in [0.29, 0.717) is 17.4 Å². The Labute approximate surface area is 404 Å². The van der Waals surface area contributed by atoms with E-state index in [4.69, 9.17) is 18.5 Å². The number of likely N-dealkylation sites (N-methyl/N-ethyl adjacent to an activating group) is 1. The molecule has 2 unspecified atom stereocenters. The number of carbonyl (C=O) groups excluding carboxylic acids is 2. The maximum Gasteiger partial charge on any atom is 0.306 e. The average molecular weight is 940 g/mol. The first-order chi connectivity index (χ1) is 32.0. The zero-order valence-electron chi connectivity index (χ0n) is 42.3. The lowest BCUT2D eigenvalue weighted by Gasteiger charge is -2.28. The van der Waals surface area contributed by atoms with Gasteiger partial charge in [0, 0.05) is 12.8 Å². The van der Waals surface area contributed by atoms with Crippen molar-refractivity contribution in [1.82, 2.24) is 0 Å². The van der Waals surface area contributed by atoms with Crippen molar-refractivity contribution in [3.05, 3.63) is 109 Å². The number of esters is 2. The van der Waals surface area contributed by atoms with Gasteiger partial charge in [0.25, 0.3) is 7.82 Å². The standard InChI is InChI=1S/C56H94NO8P/c1-6-8-10-12-14-16-17-18-19-20-21-22-23-24-25-26-27-28-29-30-31-32-33-34-35-36-37-38-39-41-43-45-47-49-56(59)65-54(53-64-66(60,61)63-51-50-57(3,4)5)52-62-55(58)48-46-44-42-40-15-13-11-9-7-2/h8,10,14,16,18-19,21-22,24-25,27-28,30-31,33-34,36-37,54H,6-7,9,11-13,15,17,20,23,26,29,32,35,38-53H2,1-5H3/b10-8-,16-14-,19-18-,22-21-,25-24-,28-27-,31-30-,34-33-,37-36-. The number of unbranched alkanes of at least 4 members (excludes halogenated alkanes) is 13. The van der Waals surface area contributed by atoms with Crippen molar-refractivity contribution in [2.75, 3.05) is 47.5 Å². The van der Waals surface area contributed by atoms with Gasteiger partial charge in [0.2, 0.25) is 0 Å². The summed E-state index contributed by atoms with van der Waals surface area (Å²) < 4.78 is 33.9. The predicted octanol–water partition coefficient (Wildman–Crippen LogP) is 14.8. The molecule has 10 heteroatoms. The maximum absolute atomic E-state index is 12.7. The van der Waals surface area contributed by atoms with E-state index in [2.05, 4.69) is 123 Å². The van der Waals surface area contributed by atoms with Crippen LogP contribution in [0.25, 0.3) is 0 Å². The summed E-state index contributed by atoms with van der Waals surface area (Å²) >= 11 is 0. The lowest BCUT2D eigenvalue weighted by atomic mass is 10.1. The third-order valence-corrected chi connectivity index (χ3v) is 11.3. The maximum atomic E-state index is 12.7. The molecule has 0 aromatic heterocycles. The second-order valence-corrected chi connectivity index (χ2v) is 19.2. The molecule has 0 saturated heterocycles. The summed E-state index contributed by atoms with van der Waals surface area (Å²) in [6, 6.07) is 0. The Balaban J connectivity index is 4.20. The molecule has 0 heterocycles. The monoisotopic (exact) mass is 940 g/mol. The largest absolute Gasteiger partial charge is 0.756 e. The average Bonchev–Trinajstić information content (AvgIpc) is 3.27. The molecule has 0 bridgehead atoms. The summed E-state index contributed by atoms with van der Waals surface area (Å²) in [7, 11) is 1.14. The first-order valence-electron chi connectivity index (χ1n) is 25.6. The molecule has 0 aliphatic rings. The number of ether oxygens (including phenoxy) is 2. The van der Waals surface area contributed by atoms with Crippen LogP contribution in [-0.4, -0.2) is 70.0 Å². The number of carbonyl (C=O) groups is 2. The van der Waals surface area contributed by atoms with Gasteiger partial charge in [0.05, 0.1) is 27.7 Å². The lowest BCUT2D eigenvalue weighted by molar-refractivity contribution is -0.870. The van der Waals surface area contributed by atoms with Crippen LogP contribution >= 0.6 is 7.82 Å². The minimum Gasteiger partial charge on any atom is -0.756 e. The number of phosphoric ester groups is 1. The molecule has 0 rings (SSSR count). The van der Waals surface area contributed by atoms with E-state index in [0.717, 1.165) is 109 Å². The van der Waals surface area contributed by atoms with E-state index in [1.54, 1.807) is 0 Å². The van der Waals surface area contributed by atoms with Crippen molar-refractivity contribution in [1.29, 1.82) is 0 Å². The lowest BCUT2D eigenvalue weighted by Crippen LogP contribution is -2.37. The second-order valence-electron chi connectivity index (χ2n) is 17.8. The minimum absolute atomic E-state index is 0.0398. The molecule has 0 fully saturated rings. The molecule has 0 aromatic rings. The number of hydrogen-bond donors (Lipinski definition) is 0. The molecular formula is C56H94NO8P. The second kappa shape index (κ2) is 46.8. The minimum atomic E-state index is -4.64. The molecule has 66 heavy (non-hydrogen) atoms. The molecule has 0 N–H and O–H groups in total. The van der Waals surface area contributed by atoms with Crippen LogP contribution in [0.5, 0.6) is 0 Å². The smallest absolute Gasteiger partial charge is 0.306 e. The third kappa shape index (κ3) is 50.1. The van der Waals surface area contributed by atoms with Gasteiger partial charge in [-0.25, -0.2) is 0 Å². The van der Waals surface area contributed by atoms with Crippen molar-refractivity contribution in [3.8, 4) is 0 Å². The first kappa shape index (κ1) is 62.7. The number of rotatable bonds is 45. The van der Waals surface area contributed by atoms with Gasteiger partial charge in [-0.2, -0.15) is 0 Å². The Morgan fingerprint density at radius 1 is 0.485 bits per heavy atom. The SMILES string of the molecule is CC/C=C\C/C=C\C/C=C\C/C=C\C/C=C\C/C=C\C/C=C\C/C=C\C/C=C\CCCCCCCC(=O)OC(COC(=O)CCCCCCCCCCC)COP(=O)([O-])OCC[N+](C)(C)C. The van der Waals surface area contributed by atoms with Crippen molar-refractivity contribution in [2.24, 2.45) is 0 Å². The van der Waals surface area contributed by atoms with Crippen molar-refractivity contribution >= 4 is 19.8 Å². The molecule has 2 atom stereocenters. The fourth-order valence-electron chi connectivity index (χ4n) is 6.35. The molecule has 0 saturated carbocycles. The topological polar surface area (TPSA) is 111 Å². The van der Waals surface area contributed by atoms with Crippen LogP contribution in [-0.2, 0) is 32.7 Å². The van der Waals surface area contributed by atoms with E-state index in [1.807, 2.05) is 21.1 Å². The Morgan fingerprint density at radius 2 is 0.864 bits per heavy atom. The highest BCUT2D eigenvalue weighted by molar-refractivity contribution is 7.45. The van der Waals surface area contributed by atoms with Gasteiger partial charge in [-0.3, -0.25) is 14.2 Å². The number of hydrogen-bond acceptors (Lipinski definition) is 8. The Bertz CT molecular complexity index is 1480. The summed E-state index contributed by atoms with van der Waals surface area (Å²) in [4.78, 5) is 37.5. The molecule has 376 valence electrons. The molecule has 0 aromatic carbocycles. The van der Waals surface area contributed by atoms with Gasteiger partial charge in [-0.15, -0.1) is 0 Å². The van der Waals surface area contributed by atoms with Gasteiger partial charge < -0.3 is 27.9 Å². The van der Waals surface area contributed by atoms with E-state index in [9.17, 15) is 19.0 Å². The van der Waals surface area contributed by atoms with Gasteiger partial charge in [-0.1, -0.05) is 194 Å². The number of phosphoric acid groups is 1. The highest BCUT2D eigenvalue weighted by atomic mass is 31.2. The van der Waals surface area contributed by atoms with Gasteiger partial charge >= 0.3 is 11.9 Å². The zero-order chi connectivity index (χ0) is 48.5.